The Morgan fingerprint density at radius 3 is 2.85 bits per heavy atom. The smallest absolute Gasteiger partial charge is 0.431 e. The summed E-state index contributed by atoms with van der Waals surface area (Å²) < 4.78 is 9.78. The zero-order valence-electron chi connectivity index (χ0n) is 8.79. The predicted molar refractivity (Wildman–Crippen MR) is 51.7 cm³/mol. The molecule has 1 rings (SSSR count). The highest BCUT2D eigenvalue weighted by atomic mass is 16.5. The number of rotatable bonds is 5. The minimum atomic E-state index is 0.814. The Labute approximate surface area is 79.9 Å². The summed E-state index contributed by atoms with van der Waals surface area (Å²) in [5.41, 5.74) is 0. The average molecular weight is 183 g/mol. The van der Waals surface area contributed by atoms with E-state index >= 15 is 0 Å². The lowest BCUT2D eigenvalue weighted by atomic mass is 10.4. The SMILES string of the molecule is CCCCOc1n(CC)cc[n+]1C. The standard InChI is InChI=1S/C10H19N2O/c1-4-6-9-13-10-11(3)7-8-12(10)5-2/h7-8H,4-6,9H2,1-3H3/q+1. The van der Waals surface area contributed by atoms with Crippen molar-refractivity contribution in [1.82, 2.24) is 4.57 Å². The number of aromatic nitrogens is 2. The van der Waals surface area contributed by atoms with Crippen LogP contribution in [0.1, 0.15) is 26.7 Å². The van der Waals surface area contributed by atoms with Crippen molar-refractivity contribution in [1.29, 1.82) is 0 Å². The molecule has 3 heteroatoms. The Hall–Kier alpha value is -0.990. The van der Waals surface area contributed by atoms with Gasteiger partial charge in [0, 0.05) is 0 Å². The Kier molecular flexibility index (Phi) is 3.80. The Balaban J connectivity index is 2.57. The third kappa shape index (κ3) is 2.47. The molecule has 13 heavy (non-hydrogen) atoms. The first-order valence-corrected chi connectivity index (χ1v) is 4.97. The molecule has 0 saturated carbocycles. The van der Waals surface area contributed by atoms with Gasteiger partial charge >= 0.3 is 6.01 Å². The molecule has 74 valence electrons. The van der Waals surface area contributed by atoms with Gasteiger partial charge in [0.05, 0.1) is 20.2 Å². The van der Waals surface area contributed by atoms with Gasteiger partial charge in [0.25, 0.3) is 0 Å². The fourth-order valence-corrected chi connectivity index (χ4v) is 1.24. The fourth-order valence-electron chi connectivity index (χ4n) is 1.24. The molecule has 0 unspecified atom stereocenters. The number of imidazole rings is 1. The number of unbranched alkanes of at least 4 members (excludes halogenated alkanes) is 1. The zero-order chi connectivity index (χ0) is 9.68. The van der Waals surface area contributed by atoms with E-state index in [2.05, 4.69) is 18.4 Å². The molecule has 0 N–H and O–H groups in total. The third-order valence-electron chi connectivity index (χ3n) is 2.09. The van der Waals surface area contributed by atoms with E-state index in [0.717, 1.165) is 25.6 Å². The molecule has 0 amide bonds. The summed E-state index contributed by atoms with van der Waals surface area (Å²) >= 11 is 0. The molecule has 0 fully saturated rings. The van der Waals surface area contributed by atoms with Gasteiger partial charge < -0.3 is 4.74 Å². The lowest BCUT2D eigenvalue weighted by Gasteiger charge is -2.02. The van der Waals surface area contributed by atoms with Gasteiger partial charge in [0.15, 0.2) is 0 Å². The highest BCUT2D eigenvalue weighted by Crippen LogP contribution is 2.04. The van der Waals surface area contributed by atoms with E-state index in [-0.39, 0.29) is 0 Å². The van der Waals surface area contributed by atoms with E-state index < -0.39 is 0 Å². The van der Waals surface area contributed by atoms with Crippen molar-refractivity contribution in [3.05, 3.63) is 12.4 Å². The second kappa shape index (κ2) is 4.90. The van der Waals surface area contributed by atoms with Crippen molar-refractivity contribution in [2.45, 2.75) is 33.2 Å². The quantitative estimate of drug-likeness (QED) is 0.500. The third-order valence-corrected chi connectivity index (χ3v) is 2.09. The molecule has 1 heterocycles. The molecule has 0 aromatic carbocycles. The molecule has 0 saturated heterocycles. The molecule has 3 nitrogen and oxygen atoms in total. The summed E-state index contributed by atoms with van der Waals surface area (Å²) in [7, 11) is 2.01. The van der Waals surface area contributed by atoms with Crippen molar-refractivity contribution in [3.8, 4) is 6.01 Å². The molecule has 0 aliphatic heterocycles. The summed E-state index contributed by atoms with van der Waals surface area (Å²) in [5, 5.41) is 0. The van der Waals surface area contributed by atoms with E-state index in [4.69, 9.17) is 4.74 Å². The monoisotopic (exact) mass is 183 g/mol. The Morgan fingerprint density at radius 2 is 2.23 bits per heavy atom. The normalized spacial score (nSPS) is 10.4. The van der Waals surface area contributed by atoms with E-state index in [0.29, 0.717) is 0 Å². The Bertz CT molecular complexity index is 255. The number of hydrogen-bond acceptors (Lipinski definition) is 1. The van der Waals surface area contributed by atoms with Gasteiger partial charge in [-0.05, 0) is 13.3 Å². The van der Waals surface area contributed by atoms with Crippen LogP contribution in [0.5, 0.6) is 6.01 Å². The summed E-state index contributed by atoms with van der Waals surface area (Å²) in [6.07, 6.45) is 6.36. The van der Waals surface area contributed by atoms with Crippen LogP contribution in [0.4, 0.5) is 0 Å². The molecule has 1 aromatic heterocycles. The van der Waals surface area contributed by atoms with Crippen LogP contribution in [0.2, 0.25) is 0 Å². The van der Waals surface area contributed by atoms with Crippen LogP contribution in [-0.4, -0.2) is 11.2 Å². The van der Waals surface area contributed by atoms with E-state index in [1.165, 1.54) is 6.42 Å². The largest absolute Gasteiger partial charge is 0.455 e. The highest BCUT2D eigenvalue weighted by molar-refractivity contribution is 4.88. The second-order valence-electron chi connectivity index (χ2n) is 3.18. The fraction of sp³-hybridized carbons (Fsp3) is 0.700. The number of hydrogen-bond donors (Lipinski definition) is 0. The Morgan fingerprint density at radius 1 is 1.46 bits per heavy atom. The predicted octanol–water partition coefficient (Wildman–Crippen LogP) is 1.51. The highest BCUT2D eigenvalue weighted by Gasteiger charge is 2.13. The van der Waals surface area contributed by atoms with Crippen LogP contribution < -0.4 is 9.30 Å². The maximum absolute atomic E-state index is 5.67. The van der Waals surface area contributed by atoms with E-state index in [1.807, 2.05) is 24.0 Å². The minimum absolute atomic E-state index is 0.814. The van der Waals surface area contributed by atoms with Gasteiger partial charge in [0.2, 0.25) is 0 Å². The summed E-state index contributed by atoms with van der Waals surface area (Å²) in [6, 6.07) is 0.955. The summed E-state index contributed by atoms with van der Waals surface area (Å²) in [5.74, 6) is 0. The van der Waals surface area contributed by atoms with Crippen LogP contribution in [0.25, 0.3) is 0 Å². The topological polar surface area (TPSA) is 18.0 Å². The zero-order valence-corrected chi connectivity index (χ0v) is 8.79. The van der Waals surface area contributed by atoms with Crippen molar-refractivity contribution < 1.29 is 9.30 Å². The first-order valence-electron chi connectivity index (χ1n) is 4.97. The summed E-state index contributed by atoms with van der Waals surface area (Å²) in [4.78, 5) is 0. The van der Waals surface area contributed by atoms with Gasteiger partial charge in [-0.1, -0.05) is 13.3 Å². The average Bonchev–Trinajstić information content (AvgIpc) is 2.48. The van der Waals surface area contributed by atoms with Crippen molar-refractivity contribution in [2.24, 2.45) is 7.05 Å². The van der Waals surface area contributed by atoms with E-state index in [9.17, 15) is 0 Å². The first-order chi connectivity index (χ1) is 6.29. The number of ether oxygens (including phenoxy) is 1. The van der Waals surface area contributed by atoms with Crippen molar-refractivity contribution >= 4 is 0 Å². The van der Waals surface area contributed by atoms with E-state index in [1.54, 1.807) is 0 Å². The first kappa shape index (κ1) is 10.1. The van der Waals surface area contributed by atoms with Gasteiger partial charge in [0.1, 0.15) is 12.4 Å². The maximum Gasteiger partial charge on any atom is 0.455 e. The minimum Gasteiger partial charge on any atom is -0.431 e. The van der Waals surface area contributed by atoms with Gasteiger partial charge in [-0.2, -0.15) is 4.57 Å². The molecule has 0 atom stereocenters. The van der Waals surface area contributed by atoms with Crippen LogP contribution in [0.15, 0.2) is 12.4 Å². The van der Waals surface area contributed by atoms with Crippen molar-refractivity contribution in [2.75, 3.05) is 6.61 Å². The van der Waals surface area contributed by atoms with Crippen LogP contribution >= 0.6 is 0 Å². The van der Waals surface area contributed by atoms with Gasteiger partial charge in [-0.3, -0.25) is 0 Å². The van der Waals surface area contributed by atoms with Gasteiger partial charge in [-0.15, -0.1) is 0 Å². The molecular formula is C10H19N2O+. The van der Waals surface area contributed by atoms with Crippen LogP contribution in [-0.2, 0) is 13.6 Å². The molecular weight excluding hydrogens is 164 g/mol. The number of nitrogens with zero attached hydrogens (tertiary/aromatic N) is 2. The second-order valence-corrected chi connectivity index (χ2v) is 3.18. The summed E-state index contributed by atoms with van der Waals surface area (Å²) in [6.45, 7) is 6.06. The molecule has 0 bridgehead atoms. The molecule has 0 radical (unpaired) electrons. The molecule has 0 aliphatic rings. The molecule has 0 aliphatic carbocycles. The lowest BCUT2D eigenvalue weighted by Crippen LogP contribution is -2.29. The lowest BCUT2D eigenvalue weighted by molar-refractivity contribution is -0.676. The van der Waals surface area contributed by atoms with Gasteiger partial charge in [-0.25, -0.2) is 4.57 Å². The van der Waals surface area contributed by atoms with Crippen molar-refractivity contribution in [3.63, 3.8) is 0 Å². The maximum atomic E-state index is 5.67. The number of aryl methyl sites for hydroxylation is 2. The van der Waals surface area contributed by atoms with Crippen LogP contribution in [0.3, 0.4) is 0 Å². The molecule has 1 aromatic rings. The molecule has 0 spiro atoms. The van der Waals surface area contributed by atoms with Crippen LogP contribution in [0, 0.1) is 0 Å².